The Kier molecular flexibility index (Phi) is 5.71. The molecule has 0 aliphatic carbocycles. The van der Waals surface area contributed by atoms with E-state index in [0.717, 1.165) is 4.88 Å². The second kappa shape index (κ2) is 7.91. The Balaban J connectivity index is 2.20. The Labute approximate surface area is 174 Å². The Morgan fingerprint density at radius 3 is 2.45 bits per heavy atom. The van der Waals surface area contributed by atoms with Gasteiger partial charge in [-0.2, -0.15) is 0 Å². The van der Waals surface area contributed by atoms with Crippen LogP contribution in [0, 0.1) is 5.41 Å². The molecule has 1 unspecified atom stereocenters. The molecule has 0 bridgehead atoms. The van der Waals surface area contributed by atoms with E-state index in [9.17, 15) is 14.7 Å². The molecule has 7 heteroatoms. The first-order chi connectivity index (χ1) is 13.7. The van der Waals surface area contributed by atoms with Gasteiger partial charge in [-0.05, 0) is 17.5 Å². The molecule has 1 atom stereocenters. The van der Waals surface area contributed by atoms with Crippen molar-refractivity contribution in [3.63, 3.8) is 0 Å². The minimum absolute atomic E-state index is 0.0885. The van der Waals surface area contributed by atoms with E-state index in [4.69, 9.17) is 9.47 Å². The van der Waals surface area contributed by atoms with Crippen LogP contribution in [0.3, 0.4) is 0 Å². The van der Waals surface area contributed by atoms with Gasteiger partial charge in [0.25, 0.3) is 5.91 Å². The van der Waals surface area contributed by atoms with Crippen molar-refractivity contribution in [1.29, 1.82) is 0 Å². The van der Waals surface area contributed by atoms with E-state index in [1.165, 1.54) is 30.5 Å². The molecule has 29 heavy (non-hydrogen) atoms. The number of nitrogens with zero attached hydrogens (tertiary/aromatic N) is 1. The van der Waals surface area contributed by atoms with Crippen LogP contribution in [-0.2, 0) is 16.1 Å². The average Bonchev–Trinajstić information content (AvgIpc) is 3.28. The molecule has 6 nitrogen and oxygen atoms in total. The number of hydrogen-bond donors (Lipinski definition) is 1. The van der Waals surface area contributed by atoms with Crippen LogP contribution in [0.4, 0.5) is 0 Å². The molecule has 0 spiro atoms. The van der Waals surface area contributed by atoms with Gasteiger partial charge < -0.3 is 19.5 Å². The van der Waals surface area contributed by atoms with Gasteiger partial charge in [-0.25, -0.2) is 0 Å². The number of rotatable bonds is 6. The maximum Gasteiger partial charge on any atom is 0.290 e. The molecule has 0 saturated heterocycles. The first-order valence-corrected chi connectivity index (χ1v) is 10.1. The molecule has 1 aliphatic heterocycles. The van der Waals surface area contributed by atoms with Crippen LogP contribution < -0.4 is 9.47 Å². The molecule has 1 aliphatic rings. The lowest BCUT2D eigenvalue weighted by atomic mass is 9.82. The molecule has 3 rings (SSSR count). The first kappa shape index (κ1) is 20.9. The fourth-order valence-corrected chi connectivity index (χ4v) is 4.18. The molecular formula is C22H25NO5S. The summed E-state index contributed by atoms with van der Waals surface area (Å²) in [4.78, 5) is 28.7. The van der Waals surface area contributed by atoms with Crippen LogP contribution in [-0.4, -0.2) is 35.9 Å². The number of benzene rings is 1. The van der Waals surface area contributed by atoms with Crippen molar-refractivity contribution < 1.29 is 24.2 Å². The van der Waals surface area contributed by atoms with Crippen molar-refractivity contribution in [2.24, 2.45) is 5.41 Å². The molecule has 1 N–H and O–H groups in total. The number of carbonyl (C=O) groups excluding carboxylic acids is 2. The number of carbonyl (C=O) groups is 2. The number of hydrogen-bond acceptors (Lipinski definition) is 6. The lowest BCUT2D eigenvalue weighted by Crippen LogP contribution is -2.32. The predicted octanol–water partition coefficient (Wildman–Crippen LogP) is 4.28. The summed E-state index contributed by atoms with van der Waals surface area (Å²) in [5.41, 5.74) is -0.0913. The summed E-state index contributed by atoms with van der Waals surface area (Å²) in [5, 5.41) is 12.6. The molecule has 1 aromatic heterocycles. The largest absolute Gasteiger partial charge is 0.503 e. The van der Waals surface area contributed by atoms with E-state index >= 15 is 0 Å². The van der Waals surface area contributed by atoms with Crippen LogP contribution in [0.2, 0.25) is 0 Å². The van der Waals surface area contributed by atoms with E-state index in [2.05, 4.69) is 0 Å². The maximum atomic E-state index is 13.2. The summed E-state index contributed by atoms with van der Waals surface area (Å²) < 4.78 is 11.0. The Morgan fingerprint density at radius 2 is 1.90 bits per heavy atom. The van der Waals surface area contributed by atoms with E-state index < -0.39 is 23.1 Å². The Bertz CT molecular complexity index is 956. The van der Waals surface area contributed by atoms with Crippen molar-refractivity contribution in [1.82, 2.24) is 4.90 Å². The van der Waals surface area contributed by atoms with Crippen molar-refractivity contribution in [3.8, 4) is 11.5 Å². The number of aliphatic hydroxyl groups is 1. The normalized spacial score (nSPS) is 17.1. The van der Waals surface area contributed by atoms with Gasteiger partial charge in [-0.1, -0.05) is 39.0 Å². The second-order valence-electron chi connectivity index (χ2n) is 7.84. The van der Waals surface area contributed by atoms with Gasteiger partial charge in [-0.15, -0.1) is 11.3 Å². The lowest BCUT2D eigenvalue weighted by Gasteiger charge is -2.30. The summed E-state index contributed by atoms with van der Waals surface area (Å²) in [5.74, 6) is -0.440. The highest BCUT2D eigenvalue weighted by atomic mass is 32.1. The van der Waals surface area contributed by atoms with E-state index in [0.29, 0.717) is 17.1 Å². The van der Waals surface area contributed by atoms with Crippen molar-refractivity contribution in [2.45, 2.75) is 33.4 Å². The summed E-state index contributed by atoms with van der Waals surface area (Å²) in [6.07, 6.45) is 0. The summed E-state index contributed by atoms with van der Waals surface area (Å²) >= 11 is 1.51. The van der Waals surface area contributed by atoms with Gasteiger partial charge in [0.2, 0.25) is 0 Å². The molecule has 0 fully saturated rings. The fraction of sp³-hybridized carbons (Fsp3) is 0.364. The fourth-order valence-electron chi connectivity index (χ4n) is 3.47. The molecule has 1 amide bonds. The Hall–Kier alpha value is -2.80. The second-order valence-corrected chi connectivity index (χ2v) is 8.87. The number of thiophene rings is 1. The molecule has 154 valence electrons. The molecular weight excluding hydrogens is 390 g/mol. The number of ether oxygens (including phenoxy) is 2. The van der Waals surface area contributed by atoms with Gasteiger partial charge in [0.1, 0.15) is 0 Å². The van der Waals surface area contributed by atoms with Crippen molar-refractivity contribution in [3.05, 3.63) is 57.5 Å². The smallest absolute Gasteiger partial charge is 0.290 e. The summed E-state index contributed by atoms with van der Waals surface area (Å²) in [6, 6.07) is 8.35. The van der Waals surface area contributed by atoms with Crippen LogP contribution in [0.1, 0.15) is 37.3 Å². The van der Waals surface area contributed by atoms with Crippen LogP contribution >= 0.6 is 11.3 Å². The summed E-state index contributed by atoms with van der Waals surface area (Å²) in [6.45, 7) is 5.57. The van der Waals surface area contributed by atoms with Gasteiger partial charge in [0, 0.05) is 15.9 Å². The van der Waals surface area contributed by atoms with Gasteiger partial charge in [-0.3, -0.25) is 9.59 Å². The standard InChI is InChI=1S/C22H25NO5S/c1-22(2,3)20(25)16-17(14-9-6-10-15(27-4)19(14)28-5)23(21(26)18(16)24)12-13-8-7-11-29-13/h6-11,17,24H,12H2,1-5H3. The minimum atomic E-state index is -0.777. The number of para-hydroxylation sites is 1. The Morgan fingerprint density at radius 1 is 1.17 bits per heavy atom. The number of ketones is 1. The third kappa shape index (κ3) is 3.74. The number of amides is 1. The molecule has 1 aromatic carbocycles. The van der Waals surface area contributed by atoms with Gasteiger partial charge in [0.15, 0.2) is 23.0 Å². The molecule has 0 radical (unpaired) electrons. The molecule has 2 heterocycles. The summed E-state index contributed by atoms with van der Waals surface area (Å²) in [7, 11) is 3.04. The van der Waals surface area contributed by atoms with E-state index in [-0.39, 0.29) is 17.9 Å². The van der Waals surface area contributed by atoms with Crippen LogP contribution in [0.5, 0.6) is 11.5 Å². The monoisotopic (exact) mass is 415 g/mol. The highest BCUT2D eigenvalue weighted by Gasteiger charge is 2.47. The topological polar surface area (TPSA) is 76.1 Å². The minimum Gasteiger partial charge on any atom is -0.503 e. The zero-order chi connectivity index (χ0) is 21.3. The van der Waals surface area contributed by atoms with Crippen LogP contribution in [0.25, 0.3) is 0 Å². The highest BCUT2D eigenvalue weighted by Crippen LogP contribution is 2.46. The van der Waals surface area contributed by atoms with E-state index in [1.54, 1.807) is 39.0 Å². The zero-order valence-corrected chi connectivity index (χ0v) is 18.0. The predicted molar refractivity (Wildman–Crippen MR) is 111 cm³/mol. The van der Waals surface area contributed by atoms with E-state index in [1.807, 2.05) is 17.5 Å². The quantitative estimate of drug-likeness (QED) is 0.762. The zero-order valence-electron chi connectivity index (χ0n) is 17.2. The number of aliphatic hydroxyl groups excluding tert-OH is 1. The van der Waals surface area contributed by atoms with Crippen molar-refractivity contribution in [2.75, 3.05) is 14.2 Å². The number of Topliss-reactive ketones (excluding diaryl/α,β-unsaturated/α-hetero) is 1. The SMILES string of the molecule is COc1cccc(C2C(C(=O)C(C)(C)C)=C(O)C(=O)N2Cc2cccs2)c1OC. The number of methoxy groups -OCH3 is 2. The lowest BCUT2D eigenvalue weighted by molar-refractivity contribution is -0.130. The first-order valence-electron chi connectivity index (χ1n) is 9.22. The third-order valence-corrected chi connectivity index (χ3v) is 5.72. The van der Waals surface area contributed by atoms with Gasteiger partial charge >= 0.3 is 0 Å². The average molecular weight is 416 g/mol. The van der Waals surface area contributed by atoms with Crippen LogP contribution in [0.15, 0.2) is 47.0 Å². The maximum absolute atomic E-state index is 13.2. The molecule has 0 saturated carbocycles. The van der Waals surface area contributed by atoms with Gasteiger partial charge in [0.05, 0.1) is 32.4 Å². The molecule has 2 aromatic rings. The van der Waals surface area contributed by atoms with Crippen molar-refractivity contribution >= 4 is 23.0 Å². The highest BCUT2D eigenvalue weighted by molar-refractivity contribution is 7.09. The third-order valence-electron chi connectivity index (χ3n) is 4.86.